The molecule has 6 nitrogen and oxygen atoms in total. The first kappa shape index (κ1) is 18.2. The molecular weight excluding hydrogens is 364 g/mol. The van der Waals surface area contributed by atoms with Crippen molar-refractivity contribution >= 4 is 40.5 Å². The van der Waals surface area contributed by atoms with E-state index in [-0.39, 0.29) is 17.4 Å². The van der Waals surface area contributed by atoms with Gasteiger partial charge >= 0.3 is 0 Å². The van der Waals surface area contributed by atoms with Crippen LogP contribution in [-0.4, -0.2) is 16.6 Å². The number of anilines is 1. The summed E-state index contributed by atoms with van der Waals surface area (Å²) in [5, 5.41) is 15.2. The van der Waals surface area contributed by atoms with E-state index in [1.165, 1.54) is 29.5 Å². The molecule has 1 N–H and O–H groups in total. The second-order valence-corrected chi connectivity index (χ2v) is 6.50. The molecule has 0 spiro atoms. The first-order valence-corrected chi connectivity index (χ1v) is 8.83. The lowest BCUT2D eigenvalue weighted by molar-refractivity contribution is -0.384. The summed E-state index contributed by atoms with van der Waals surface area (Å²) < 4.78 is 0. The molecule has 134 valence electrons. The molecule has 3 aromatic rings. The molecule has 0 aliphatic heterocycles. The molecule has 3 rings (SSSR count). The number of benzene rings is 2. The van der Waals surface area contributed by atoms with Crippen molar-refractivity contribution in [3.05, 3.63) is 98.2 Å². The maximum Gasteiger partial charge on any atom is 0.269 e. The monoisotopic (exact) mass is 378 g/mol. The van der Waals surface area contributed by atoms with E-state index >= 15 is 0 Å². The van der Waals surface area contributed by atoms with E-state index in [9.17, 15) is 19.7 Å². The van der Waals surface area contributed by atoms with E-state index in [1.54, 1.807) is 48.5 Å². The number of hydrogen-bond donors (Lipinski definition) is 1. The highest BCUT2D eigenvalue weighted by Gasteiger charge is 2.10. The third-order valence-electron chi connectivity index (χ3n) is 3.69. The highest BCUT2D eigenvalue weighted by atomic mass is 32.1. The van der Waals surface area contributed by atoms with Gasteiger partial charge in [-0.3, -0.25) is 19.7 Å². The number of carbonyl (C=O) groups excluding carboxylic acids is 2. The highest BCUT2D eigenvalue weighted by molar-refractivity contribution is 7.12. The minimum atomic E-state index is -0.479. The number of rotatable bonds is 6. The van der Waals surface area contributed by atoms with Crippen LogP contribution in [0.25, 0.3) is 6.08 Å². The van der Waals surface area contributed by atoms with E-state index < -0.39 is 4.92 Å². The fraction of sp³-hybridized carbons (Fsp3) is 0. The number of nitrogens with zero attached hydrogens (tertiary/aromatic N) is 1. The molecule has 7 heteroatoms. The first-order valence-electron chi connectivity index (χ1n) is 7.95. The van der Waals surface area contributed by atoms with Crippen LogP contribution in [0.1, 0.15) is 20.8 Å². The Kier molecular flexibility index (Phi) is 5.53. The number of ketones is 1. The van der Waals surface area contributed by atoms with Crippen LogP contribution in [-0.2, 0) is 4.79 Å². The van der Waals surface area contributed by atoms with Gasteiger partial charge in [-0.05, 0) is 59.5 Å². The van der Waals surface area contributed by atoms with Gasteiger partial charge < -0.3 is 5.32 Å². The number of thiophene rings is 1. The number of nitro benzene ring substituents is 1. The molecular formula is C20H14N2O4S. The largest absolute Gasteiger partial charge is 0.323 e. The minimum Gasteiger partial charge on any atom is -0.323 e. The van der Waals surface area contributed by atoms with Crippen molar-refractivity contribution in [2.24, 2.45) is 0 Å². The number of amides is 1. The van der Waals surface area contributed by atoms with Crippen molar-refractivity contribution in [2.45, 2.75) is 0 Å². The lowest BCUT2D eigenvalue weighted by Gasteiger charge is -2.04. The number of nitro groups is 1. The maximum atomic E-state index is 12.2. The molecule has 0 saturated heterocycles. The third kappa shape index (κ3) is 4.74. The molecule has 0 aliphatic carbocycles. The summed E-state index contributed by atoms with van der Waals surface area (Å²) in [6.07, 6.45) is 2.90. The summed E-state index contributed by atoms with van der Waals surface area (Å²) in [7, 11) is 0. The van der Waals surface area contributed by atoms with Crippen LogP contribution in [0.3, 0.4) is 0 Å². The average molecular weight is 378 g/mol. The van der Waals surface area contributed by atoms with Gasteiger partial charge in [0.2, 0.25) is 11.7 Å². The summed E-state index contributed by atoms with van der Waals surface area (Å²) in [6.45, 7) is 0. The van der Waals surface area contributed by atoms with Crippen LogP contribution in [0.2, 0.25) is 0 Å². The van der Waals surface area contributed by atoms with Gasteiger partial charge in [-0.1, -0.05) is 6.07 Å². The molecule has 1 aromatic heterocycles. The molecule has 0 aliphatic rings. The lowest BCUT2D eigenvalue weighted by atomic mass is 10.1. The van der Waals surface area contributed by atoms with Crippen LogP contribution in [0.4, 0.5) is 11.4 Å². The fourth-order valence-electron chi connectivity index (χ4n) is 2.32. The van der Waals surface area contributed by atoms with Crippen molar-refractivity contribution in [3.8, 4) is 0 Å². The zero-order chi connectivity index (χ0) is 19.2. The number of carbonyl (C=O) groups is 2. The van der Waals surface area contributed by atoms with Gasteiger partial charge in [0.15, 0.2) is 0 Å². The molecule has 1 amide bonds. The zero-order valence-electron chi connectivity index (χ0n) is 14.0. The maximum absolute atomic E-state index is 12.2. The Morgan fingerprint density at radius 1 is 1.00 bits per heavy atom. The Labute approximate surface area is 158 Å². The van der Waals surface area contributed by atoms with Crippen LogP contribution >= 0.6 is 11.3 Å². The fourth-order valence-corrected chi connectivity index (χ4v) is 3.00. The van der Waals surface area contributed by atoms with E-state index in [0.29, 0.717) is 21.7 Å². The second kappa shape index (κ2) is 8.20. The van der Waals surface area contributed by atoms with Crippen molar-refractivity contribution in [1.29, 1.82) is 0 Å². The summed E-state index contributed by atoms with van der Waals surface area (Å²) in [5.74, 6) is -0.397. The minimum absolute atomic E-state index is 0.00575. The quantitative estimate of drug-likeness (QED) is 0.295. The predicted molar refractivity (Wildman–Crippen MR) is 105 cm³/mol. The van der Waals surface area contributed by atoms with Gasteiger partial charge in [-0.25, -0.2) is 0 Å². The van der Waals surface area contributed by atoms with E-state index in [2.05, 4.69) is 5.32 Å². The highest BCUT2D eigenvalue weighted by Crippen LogP contribution is 2.17. The Hall–Kier alpha value is -3.58. The normalized spacial score (nSPS) is 10.7. The van der Waals surface area contributed by atoms with Gasteiger partial charge in [0, 0.05) is 29.5 Å². The van der Waals surface area contributed by atoms with E-state index in [1.807, 2.05) is 11.4 Å². The topological polar surface area (TPSA) is 89.3 Å². The number of nitrogens with one attached hydrogen (secondary N) is 1. The molecule has 1 heterocycles. The van der Waals surface area contributed by atoms with Crippen molar-refractivity contribution in [1.82, 2.24) is 0 Å². The Balaban J connectivity index is 1.60. The van der Waals surface area contributed by atoms with Gasteiger partial charge in [-0.15, -0.1) is 11.3 Å². The predicted octanol–water partition coefficient (Wildman–Crippen LogP) is 4.54. The molecule has 0 fully saturated rings. The van der Waals surface area contributed by atoms with Crippen LogP contribution in [0.15, 0.2) is 72.1 Å². The van der Waals surface area contributed by atoms with Gasteiger partial charge in [0.1, 0.15) is 0 Å². The molecule has 0 saturated carbocycles. The van der Waals surface area contributed by atoms with Gasteiger partial charge in [0.25, 0.3) is 5.69 Å². The van der Waals surface area contributed by atoms with Gasteiger partial charge in [-0.2, -0.15) is 0 Å². The average Bonchev–Trinajstić information content (AvgIpc) is 3.21. The first-order chi connectivity index (χ1) is 13.0. The molecule has 27 heavy (non-hydrogen) atoms. The zero-order valence-corrected chi connectivity index (χ0v) is 14.8. The van der Waals surface area contributed by atoms with Crippen LogP contribution in [0.5, 0.6) is 0 Å². The molecule has 0 bridgehead atoms. The standard InChI is InChI=1S/C20H14N2O4S/c23-19(12-5-14-3-10-17(11-4-14)22(25)26)21-16-8-6-15(7-9-16)20(24)18-2-1-13-27-18/h1-13H,(H,21,23). The SMILES string of the molecule is O=C(C=Cc1ccc([N+](=O)[O-])cc1)Nc1ccc(C(=O)c2cccs2)cc1. The van der Waals surface area contributed by atoms with Crippen molar-refractivity contribution < 1.29 is 14.5 Å². The van der Waals surface area contributed by atoms with Crippen molar-refractivity contribution in [2.75, 3.05) is 5.32 Å². The Bertz CT molecular complexity index is 991. The third-order valence-corrected chi connectivity index (χ3v) is 4.56. The Morgan fingerprint density at radius 3 is 2.30 bits per heavy atom. The van der Waals surface area contributed by atoms with Gasteiger partial charge in [0.05, 0.1) is 9.80 Å². The van der Waals surface area contributed by atoms with E-state index in [0.717, 1.165) is 0 Å². The summed E-state index contributed by atoms with van der Waals surface area (Å²) >= 11 is 1.38. The molecule has 0 atom stereocenters. The molecule has 0 radical (unpaired) electrons. The molecule has 0 unspecified atom stereocenters. The second-order valence-electron chi connectivity index (χ2n) is 5.56. The number of hydrogen-bond acceptors (Lipinski definition) is 5. The summed E-state index contributed by atoms with van der Waals surface area (Å²) in [6, 6.07) is 16.1. The van der Waals surface area contributed by atoms with Crippen LogP contribution < -0.4 is 5.32 Å². The van der Waals surface area contributed by atoms with E-state index in [4.69, 9.17) is 0 Å². The molecule has 2 aromatic carbocycles. The summed E-state index contributed by atoms with van der Waals surface area (Å²) in [5.41, 5.74) is 1.79. The Morgan fingerprint density at radius 2 is 1.70 bits per heavy atom. The lowest BCUT2D eigenvalue weighted by Crippen LogP contribution is -2.08. The summed E-state index contributed by atoms with van der Waals surface area (Å²) in [4.78, 5) is 35.0. The smallest absolute Gasteiger partial charge is 0.269 e. The van der Waals surface area contributed by atoms with Crippen LogP contribution in [0, 0.1) is 10.1 Å². The number of non-ortho nitro benzene ring substituents is 1. The van der Waals surface area contributed by atoms with Crippen molar-refractivity contribution in [3.63, 3.8) is 0 Å².